The minimum absolute atomic E-state index is 0.195. The Kier molecular flexibility index (Phi) is 6.61. The first-order valence-corrected chi connectivity index (χ1v) is 11.0. The van der Waals surface area contributed by atoms with Crippen LogP contribution < -0.4 is 20.9 Å². The summed E-state index contributed by atoms with van der Waals surface area (Å²) >= 11 is 5.91. The number of aryl methyl sites for hydroxylation is 1. The maximum absolute atomic E-state index is 12.7. The van der Waals surface area contributed by atoms with Crippen LogP contribution in [0.1, 0.15) is 28.8 Å². The van der Waals surface area contributed by atoms with E-state index in [0.717, 1.165) is 37.2 Å². The molecule has 0 saturated carbocycles. The van der Waals surface area contributed by atoms with Crippen molar-refractivity contribution in [2.45, 2.75) is 19.8 Å². The van der Waals surface area contributed by atoms with Gasteiger partial charge in [-0.05, 0) is 74.4 Å². The van der Waals surface area contributed by atoms with Crippen molar-refractivity contribution in [3.63, 3.8) is 0 Å². The Morgan fingerprint density at radius 1 is 0.844 bits per heavy atom. The van der Waals surface area contributed by atoms with Gasteiger partial charge in [-0.3, -0.25) is 4.79 Å². The predicted octanol–water partition coefficient (Wildman–Crippen LogP) is 6.14. The van der Waals surface area contributed by atoms with E-state index in [1.54, 1.807) is 36.4 Å². The van der Waals surface area contributed by atoms with Crippen LogP contribution in [-0.2, 0) is 0 Å². The summed E-state index contributed by atoms with van der Waals surface area (Å²) in [6, 6.07) is 19.6. The maximum atomic E-state index is 12.7. The number of rotatable bonds is 5. The minimum Gasteiger partial charge on any atom is -0.370 e. The third kappa shape index (κ3) is 5.39. The van der Waals surface area contributed by atoms with Gasteiger partial charge in [-0.2, -0.15) is 0 Å². The number of nitrogens with zero attached hydrogens (tertiary/aromatic N) is 1. The fraction of sp³-hybridized carbons (Fsp3) is 0.200. The largest absolute Gasteiger partial charge is 0.370 e. The van der Waals surface area contributed by atoms with Crippen LogP contribution in [0.3, 0.4) is 0 Å². The van der Waals surface area contributed by atoms with E-state index in [9.17, 15) is 9.59 Å². The Morgan fingerprint density at radius 3 is 2.28 bits per heavy atom. The number of halogens is 1. The number of benzene rings is 3. The Labute approximate surface area is 192 Å². The molecule has 3 aromatic carbocycles. The summed E-state index contributed by atoms with van der Waals surface area (Å²) in [5, 5.41) is 9.28. The first-order valence-electron chi connectivity index (χ1n) is 10.6. The molecule has 0 atom stereocenters. The van der Waals surface area contributed by atoms with Crippen LogP contribution in [0, 0.1) is 6.92 Å². The highest BCUT2D eigenvalue weighted by Crippen LogP contribution is 2.32. The lowest BCUT2D eigenvalue weighted by Gasteiger charge is -2.22. The van der Waals surface area contributed by atoms with Gasteiger partial charge in [-0.1, -0.05) is 29.3 Å². The van der Waals surface area contributed by atoms with Crippen LogP contribution in [0.2, 0.25) is 5.02 Å². The molecule has 0 spiro atoms. The highest BCUT2D eigenvalue weighted by molar-refractivity contribution is 6.30. The van der Waals surface area contributed by atoms with Gasteiger partial charge in [0, 0.05) is 35.1 Å². The molecule has 1 fully saturated rings. The monoisotopic (exact) mass is 448 g/mol. The van der Waals surface area contributed by atoms with Crippen molar-refractivity contribution in [1.82, 2.24) is 0 Å². The molecule has 0 bridgehead atoms. The van der Waals surface area contributed by atoms with Crippen LogP contribution in [0.15, 0.2) is 66.7 Å². The van der Waals surface area contributed by atoms with E-state index < -0.39 is 0 Å². The zero-order valence-electron chi connectivity index (χ0n) is 17.8. The fourth-order valence-corrected chi connectivity index (χ4v) is 3.88. The number of anilines is 4. The van der Waals surface area contributed by atoms with Crippen LogP contribution in [-0.4, -0.2) is 25.0 Å². The molecular weight excluding hydrogens is 424 g/mol. The van der Waals surface area contributed by atoms with Gasteiger partial charge < -0.3 is 20.9 Å². The average Bonchev–Trinajstić information content (AvgIpc) is 3.30. The van der Waals surface area contributed by atoms with E-state index >= 15 is 0 Å². The van der Waals surface area contributed by atoms with Gasteiger partial charge in [0.1, 0.15) is 0 Å². The smallest absolute Gasteiger partial charge is 0.323 e. The van der Waals surface area contributed by atoms with E-state index in [-0.39, 0.29) is 11.9 Å². The Balaban J connectivity index is 1.54. The number of nitrogens with one attached hydrogen (secondary N) is 3. The van der Waals surface area contributed by atoms with Crippen LogP contribution in [0.25, 0.3) is 0 Å². The highest BCUT2D eigenvalue weighted by atomic mass is 35.5. The normalized spacial score (nSPS) is 13.0. The molecule has 164 valence electrons. The summed E-state index contributed by atoms with van der Waals surface area (Å²) in [6.45, 7) is 3.81. The Morgan fingerprint density at radius 2 is 1.56 bits per heavy atom. The zero-order valence-corrected chi connectivity index (χ0v) is 18.6. The van der Waals surface area contributed by atoms with E-state index in [1.807, 2.05) is 37.3 Å². The fourth-order valence-electron chi connectivity index (χ4n) is 3.76. The second-order valence-electron chi connectivity index (χ2n) is 7.84. The van der Waals surface area contributed by atoms with Gasteiger partial charge in [-0.25, -0.2) is 4.79 Å². The predicted molar refractivity (Wildman–Crippen MR) is 131 cm³/mol. The minimum atomic E-state index is -0.366. The number of carbonyl (C=O) groups excluding carboxylic acids is 2. The Bertz CT molecular complexity index is 1130. The first kappa shape index (κ1) is 21.7. The first-order chi connectivity index (χ1) is 15.5. The summed E-state index contributed by atoms with van der Waals surface area (Å²) in [5.74, 6) is -0.195. The molecule has 4 rings (SSSR count). The van der Waals surface area contributed by atoms with Crippen LogP contribution in [0.4, 0.5) is 27.5 Å². The van der Waals surface area contributed by atoms with Gasteiger partial charge in [0.05, 0.1) is 11.4 Å². The summed E-state index contributed by atoms with van der Waals surface area (Å²) < 4.78 is 0. The molecular formula is C25H25ClN4O2. The molecule has 0 aromatic heterocycles. The summed E-state index contributed by atoms with van der Waals surface area (Å²) in [5.41, 5.74) is 4.43. The molecule has 6 nitrogen and oxygen atoms in total. The van der Waals surface area contributed by atoms with Crippen molar-refractivity contribution in [3.8, 4) is 0 Å². The molecule has 0 radical (unpaired) electrons. The topological polar surface area (TPSA) is 73.5 Å². The second-order valence-corrected chi connectivity index (χ2v) is 8.27. The van der Waals surface area contributed by atoms with Crippen LogP contribution >= 0.6 is 11.6 Å². The van der Waals surface area contributed by atoms with Gasteiger partial charge >= 0.3 is 6.03 Å². The van der Waals surface area contributed by atoms with Gasteiger partial charge in [-0.15, -0.1) is 0 Å². The summed E-state index contributed by atoms with van der Waals surface area (Å²) in [7, 11) is 0. The molecule has 0 aliphatic carbocycles. The molecule has 0 unspecified atom stereocenters. The summed E-state index contributed by atoms with van der Waals surface area (Å²) in [6.07, 6.45) is 2.23. The van der Waals surface area contributed by atoms with E-state index in [0.29, 0.717) is 27.6 Å². The molecule has 1 saturated heterocycles. The lowest BCUT2D eigenvalue weighted by molar-refractivity contribution is 0.102. The van der Waals surface area contributed by atoms with Gasteiger partial charge in [0.25, 0.3) is 5.91 Å². The van der Waals surface area contributed by atoms with E-state index in [2.05, 4.69) is 20.9 Å². The van der Waals surface area contributed by atoms with Crippen molar-refractivity contribution < 1.29 is 9.59 Å². The summed E-state index contributed by atoms with van der Waals surface area (Å²) in [4.78, 5) is 27.6. The molecule has 3 amide bonds. The number of urea groups is 1. The number of hydrogen-bond acceptors (Lipinski definition) is 3. The average molecular weight is 449 g/mol. The van der Waals surface area contributed by atoms with E-state index in [4.69, 9.17) is 11.6 Å². The second kappa shape index (κ2) is 9.75. The molecule has 7 heteroatoms. The van der Waals surface area contributed by atoms with Gasteiger partial charge in [0.15, 0.2) is 0 Å². The standard InChI is InChI=1S/C25H25ClN4O2/c1-17-5-4-6-18(15-17)24(31)27-21-11-12-23(30-13-2-3-14-30)22(16-21)29-25(32)28-20-9-7-19(26)8-10-20/h4-12,15-16H,2-3,13-14H2,1H3,(H,27,31)(H2,28,29,32). The van der Waals surface area contributed by atoms with Gasteiger partial charge in [0.2, 0.25) is 0 Å². The zero-order chi connectivity index (χ0) is 22.5. The number of carbonyl (C=O) groups is 2. The molecule has 1 heterocycles. The molecule has 3 aromatic rings. The van der Waals surface area contributed by atoms with Crippen molar-refractivity contribution in [2.75, 3.05) is 33.9 Å². The quantitative estimate of drug-likeness (QED) is 0.438. The number of hydrogen-bond donors (Lipinski definition) is 3. The molecule has 3 N–H and O–H groups in total. The number of amides is 3. The lowest BCUT2D eigenvalue weighted by atomic mass is 10.1. The SMILES string of the molecule is Cc1cccc(C(=O)Nc2ccc(N3CCCC3)c(NC(=O)Nc3ccc(Cl)cc3)c2)c1. The Hall–Kier alpha value is -3.51. The third-order valence-corrected chi connectivity index (χ3v) is 5.58. The lowest BCUT2D eigenvalue weighted by Crippen LogP contribution is -2.24. The molecule has 32 heavy (non-hydrogen) atoms. The van der Waals surface area contributed by atoms with Crippen molar-refractivity contribution in [2.24, 2.45) is 0 Å². The van der Waals surface area contributed by atoms with E-state index in [1.165, 1.54) is 0 Å². The van der Waals surface area contributed by atoms with Crippen LogP contribution in [0.5, 0.6) is 0 Å². The van der Waals surface area contributed by atoms with Crippen molar-refractivity contribution >= 4 is 46.3 Å². The van der Waals surface area contributed by atoms with Crippen molar-refractivity contribution in [3.05, 3.63) is 82.9 Å². The third-order valence-electron chi connectivity index (χ3n) is 5.33. The maximum Gasteiger partial charge on any atom is 0.323 e. The highest BCUT2D eigenvalue weighted by Gasteiger charge is 2.18. The molecule has 1 aliphatic rings. The van der Waals surface area contributed by atoms with Crippen molar-refractivity contribution in [1.29, 1.82) is 0 Å². The molecule has 1 aliphatic heterocycles.